The van der Waals surface area contributed by atoms with Crippen molar-refractivity contribution in [3.63, 3.8) is 0 Å². The zero-order valence-electron chi connectivity index (χ0n) is 14.6. The van der Waals surface area contributed by atoms with Crippen LogP contribution in [0.5, 0.6) is 0 Å². The predicted molar refractivity (Wildman–Crippen MR) is 99.1 cm³/mol. The number of nitrogens with one attached hydrogen (secondary N) is 2. The normalized spacial score (nSPS) is 15.4. The molecule has 3 aromatic rings. The molecule has 4 rings (SSSR count). The van der Waals surface area contributed by atoms with Crippen LogP contribution in [0.4, 0.5) is 10.2 Å². The number of amides is 1. The molecule has 132 valence electrons. The van der Waals surface area contributed by atoms with Crippen LogP contribution in [0.25, 0.3) is 22.4 Å². The van der Waals surface area contributed by atoms with E-state index in [0.29, 0.717) is 17.8 Å². The van der Waals surface area contributed by atoms with Gasteiger partial charge in [0.25, 0.3) is 5.91 Å². The van der Waals surface area contributed by atoms with Gasteiger partial charge in [-0.15, -0.1) is 0 Å². The molecule has 1 aliphatic heterocycles. The first-order chi connectivity index (χ1) is 12.3. The van der Waals surface area contributed by atoms with Crippen LogP contribution < -0.4 is 11.1 Å². The van der Waals surface area contributed by atoms with Crippen molar-refractivity contribution in [1.82, 2.24) is 15.3 Å². The predicted octanol–water partition coefficient (Wildman–Crippen LogP) is 3.53. The van der Waals surface area contributed by atoms with E-state index >= 15 is 0 Å². The van der Waals surface area contributed by atoms with Gasteiger partial charge in [0.05, 0.1) is 11.3 Å². The summed E-state index contributed by atoms with van der Waals surface area (Å²) < 4.78 is 13.4. The number of fused-ring (bicyclic) bond motifs is 1. The lowest BCUT2D eigenvalue weighted by Crippen LogP contribution is -2.49. The fourth-order valence-electron chi connectivity index (χ4n) is 3.52. The third-order valence-corrected chi connectivity index (χ3v) is 4.58. The Hall–Kier alpha value is -3.15. The first-order valence-corrected chi connectivity index (χ1v) is 8.39. The minimum absolute atomic E-state index is 0.139. The average Bonchev–Trinajstić information content (AvgIpc) is 2.94. The van der Waals surface area contributed by atoms with Gasteiger partial charge >= 0.3 is 0 Å². The van der Waals surface area contributed by atoms with Gasteiger partial charge in [-0.25, -0.2) is 9.37 Å². The maximum Gasteiger partial charge on any atom is 0.254 e. The van der Waals surface area contributed by atoms with Gasteiger partial charge in [0.2, 0.25) is 0 Å². The first-order valence-electron chi connectivity index (χ1n) is 8.39. The van der Waals surface area contributed by atoms with E-state index in [4.69, 9.17) is 5.73 Å². The van der Waals surface area contributed by atoms with Gasteiger partial charge in [-0.05, 0) is 43.7 Å². The van der Waals surface area contributed by atoms with Crippen LogP contribution in [0.3, 0.4) is 0 Å². The van der Waals surface area contributed by atoms with Crippen LogP contribution in [0.15, 0.2) is 42.6 Å². The molecule has 0 saturated carbocycles. The van der Waals surface area contributed by atoms with Crippen LogP contribution in [-0.4, -0.2) is 21.4 Å². The molecule has 26 heavy (non-hydrogen) atoms. The average molecular weight is 350 g/mol. The summed E-state index contributed by atoms with van der Waals surface area (Å²) in [5.41, 5.74) is 10.1. The van der Waals surface area contributed by atoms with Crippen LogP contribution in [0, 0.1) is 5.82 Å². The number of pyridine rings is 1. The molecule has 0 aliphatic carbocycles. The molecular formula is C20H19FN4O. The summed E-state index contributed by atoms with van der Waals surface area (Å²) >= 11 is 0. The number of H-pyrrole nitrogens is 1. The van der Waals surface area contributed by atoms with Gasteiger partial charge in [-0.1, -0.05) is 12.1 Å². The number of rotatable bonds is 2. The third-order valence-electron chi connectivity index (χ3n) is 4.58. The molecule has 2 aromatic heterocycles. The molecule has 0 atom stereocenters. The molecule has 0 radical (unpaired) electrons. The minimum Gasteiger partial charge on any atom is -0.384 e. The Morgan fingerprint density at radius 3 is 2.54 bits per heavy atom. The summed E-state index contributed by atoms with van der Waals surface area (Å²) in [4.78, 5) is 20.3. The van der Waals surface area contributed by atoms with Crippen LogP contribution in [0.1, 0.15) is 29.9 Å². The number of aromatic amines is 1. The summed E-state index contributed by atoms with van der Waals surface area (Å²) in [6.45, 7) is 3.96. The number of aromatic nitrogens is 2. The lowest BCUT2D eigenvalue weighted by atomic mass is 9.88. The second kappa shape index (κ2) is 5.69. The largest absolute Gasteiger partial charge is 0.384 e. The number of nitrogens with zero attached hydrogens (tertiary/aromatic N) is 1. The molecular weight excluding hydrogens is 331 g/mol. The number of nitrogen functional groups attached to an aromatic ring is 1. The van der Waals surface area contributed by atoms with Gasteiger partial charge in [-0.2, -0.15) is 0 Å². The molecule has 0 bridgehead atoms. The third kappa shape index (κ3) is 2.73. The van der Waals surface area contributed by atoms with E-state index in [1.54, 1.807) is 24.4 Å². The van der Waals surface area contributed by atoms with Crippen LogP contribution >= 0.6 is 0 Å². The molecule has 0 spiro atoms. The van der Waals surface area contributed by atoms with Crippen molar-refractivity contribution in [3.05, 3.63) is 59.7 Å². The van der Waals surface area contributed by atoms with E-state index in [0.717, 1.165) is 28.1 Å². The number of benzene rings is 1. The van der Waals surface area contributed by atoms with Crippen molar-refractivity contribution >= 4 is 11.7 Å². The fraction of sp³-hybridized carbons (Fsp3) is 0.200. The number of hydrogen-bond donors (Lipinski definition) is 3. The Labute approximate surface area is 150 Å². The number of carbonyl (C=O) groups is 1. The number of halogens is 1. The van der Waals surface area contributed by atoms with Crippen molar-refractivity contribution in [1.29, 1.82) is 0 Å². The van der Waals surface area contributed by atoms with Crippen molar-refractivity contribution < 1.29 is 9.18 Å². The standard InChI is InChI=1S/C20H19FN4O/c1-20(2)10-14-17(19(26)25-20)16(11-3-5-13(21)6-4-11)18(24-14)12-7-8-23-15(22)9-12/h3-9,24H,10H2,1-2H3,(H2,22,23)(H,25,26). The quantitative estimate of drug-likeness (QED) is 0.661. The van der Waals surface area contributed by atoms with Crippen molar-refractivity contribution in [2.45, 2.75) is 25.8 Å². The van der Waals surface area contributed by atoms with Crippen molar-refractivity contribution in [2.24, 2.45) is 0 Å². The van der Waals surface area contributed by atoms with Crippen molar-refractivity contribution in [3.8, 4) is 22.4 Å². The Morgan fingerprint density at radius 2 is 1.85 bits per heavy atom. The lowest BCUT2D eigenvalue weighted by Gasteiger charge is -2.30. The van der Waals surface area contributed by atoms with Gasteiger partial charge in [-0.3, -0.25) is 4.79 Å². The molecule has 4 N–H and O–H groups in total. The Balaban J connectivity index is 1.99. The van der Waals surface area contributed by atoms with Crippen LogP contribution in [0.2, 0.25) is 0 Å². The van der Waals surface area contributed by atoms with E-state index in [2.05, 4.69) is 15.3 Å². The van der Waals surface area contributed by atoms with E-state index < -0.39 is 0 Å². The monoisotopic (exact) mass is 350 g/mol. The zero-order valence-corrected chi connectivity index (χ0v) is 14.6. The maximum atomic E-state index is 13.4. The molecule has 1 aromatic carbocycles. The molecule has 0 saturated heterocycles. The highest BCUT2D eigenvalue weighted by atomic mass is 19.1. The highest BCUT2D eigenvalue weighted by Crippen LogP contribution is 2.39. The summed E-state index contributed by atoms with van der Waals surface area (Å²) in [6, 6.07) is 9.74. The van der Waals surface area contributed by atoms with Crippen LogP contribution in [-0.2, 0) is 6.42 Å². The fourth-order valence-corrected chi connectivity index (χ4v) is 3.52. The van der Waals surface area contributed by atoms with E-state index in [1.165, 1.54) is 12.1 Å². The maximum absolute atomic E-state index is 13.4. The Morgan fingerprint density at radius 1 is 1.12 bits per heavy atom. The second-order valence-corrected chi connectivity index (χ2v) is 7.22. The summed E-state index contributed by atoms with van der Waals surface area (Å²) in [6.07, 6.45) is 2.30. The van der Waals surface area contributed by atoms with E-state index in [1.807, 2.05) is 19.9 Å². The van der Waals surface area contributed by atoms with Crippen molar-refractivity contribution in [2.75, 3.05) is 5.73 Å². The molecule has 5 nitrogen and oxygen atoms in total. The Bertz CT molecular complexity index is 1010. The number of hydrogen-bond acceptors (Lipinski definition) is 3. The topological polar surface area (TPSA) is 83.8 Å². The Kier molecular flexibility index (Phi) is 3.57. The summed E-state index contributed by atoms with van der Waals surface area (Å²) in [5, 5.41) is 3.04. The summed E-state index contributed by atoms with van der Waals surface area (Å²) in [7, 11) is 0. The first kappa shape index (κ1) is 16.3. The van der Waals surface area contributed by atoms with Gasteiger partial charge in [0.15, 0.2) is 0 Å². The van der Waals surface area contributed by atoms with Gasteiger partial charge < -0.3 is 16.0 Å². The number of nitrogens with two attached hydrogens (primary N) is 1. The lowest BCUT2D eigenvalue weighted by molar-refractivity contribution is 0.0897. The van der Waals surface area contributed by atoms with Gasteiger partial charge in [0, 0.05) is 35.0 Å². The van der Waals surface area contributed by atoms with Gasteiger partial charge in [0.1, 0.15) is 11.6 Å². The molecule has 0 fully saturated rings. The SMILES string of the molecule is CC1(C)Cc2[nH]c(-c3ccnc(N)c3)c(-c3ccc(F)cc3)c2C(=O)N1. The second-order valence-electron chi connectivity index (χ2n) is 7.22. The smallest absolute Gasteiger partial charge is 0.254 e. The number of carbonyl (C=O) groups excluding carboxylic acids is 1. The highest BCUT2D eigenvalue weighted by Gasteiger charge is 2.35. The molecule has 0 unspecified atom stereocenters. The molecule has 1 amide bonds. The van der Waals surface area contributed by atoms with E-state index in [9.17, 15) is 9.18 Å². The molecule has 3 heterocycles. The molecule has 1 aliphatic rings. The summed E-state index contributed by atoms with van der Waals surface area (Å²) in [5.74, 6) is -0.0662. The zero-order chi connectivity index (χ0) is 18.5. The molecule has 6 heteroatoms. The minimum atomic E-state index is -0.344. The highest BCUT2D eigenvalue weighted by molar-refractivity contribution is 6.07. The van der Waals surface area contributed by atoms with E-state index in [-0.39, 0.29) is 17.3 Å². The number of anilines is 1.